The summed E-state index contributed by atoms with van der Waals surface area (Å²) >= 11 is 0. The van der Waals surface area contributed by atoms with Crippen LogP contribution in [-0.2, 0) is 0 Å². The van der Waals surface area contributed by atoms with Gasteiger partial charge in [-0.3, -0.25) is 0 Å². The third kappa shape index (κ3) is 2.92. The van der Waals surface area contributed by atoms with Crippen molar-refractivity contribution in [1.82, 2.24) is 5.32 Å². The van der Waals surface area contributed by atoms with Gasteiger partial charge in [-0.15, -0.1) is 0 Å². The molecule has 0 bridgehead atoms. The summed E-state index contributed by atoms with van der Waals surface area (Å²) in [4.78, 5) is 0. The van der Waals surface area contributed by atoms with Crippen LogP contribution in [0.4, 0.5) is 17.6 Å². The summed E-state index contributed by atoms with van der Waals surface area (Å²) in [6, 6.07) is 3.86. The van der Waals surface area contributed by atoms with Gasteiger partial charge in [0.25, 0.3) is 12.9 Å². The molecule has 0 heterocycles. The van der Waals surface area contributed by atoms with Crippen LogP contribution >= 0.6 is 0 Å². The van der Waals surface area contributed by atoms with E-state index in [0.717, 1.165) is 6.07 Å². The highest BCUT2D eigenvalue weighted by Gasteiger charge is 2.21. The van der Waals surface area contributed by atoms with E-state index in [4.69, 9.17) is 0 Å². The average molecular weight is 221 g/mol. The van der Waals surface area contributed by atoms with Crippen LogP contribution in [0, 0.1) is 0 Å². The number of benzene rings is 1. The largest absolute Gasteiger partial charge is 0.308 e. The number of nitrogens with one attached hydrogen (secondary N) is 1. The smallest absolute Gasteiger partial charge is 0.263 e. The first kappa shape index (κ1) is 12.0. The van der Waals surface area contributed by atoms with E-state index in [0.29, 0.717) is 0 Å². The minimum absolute atomic E-state index is 0.172. The van der Waals surface area contributed by atoms with Gasteiger partial charge in [-0.25, -0.2) is 17.6 Å². The maximum atomic E-state index is 12.5. The maximum Gasteiger partial charge on any atom is 0.263 e. The number of hydrogen-bond donors (Lipinski definition) is 1. The fourth-order valence-corrected chi connectivity index (χ4v) is 1.33. The van der Waals surface area contributed by atoms with Gasteiger partial charge >= 0.3 is 0 Å². The van der Waals surface area contributed by atoms with E-state index in [-0.39, 0.29) is 11.1 Å². The van der Waals surface area contributed by atoms with Crippen molar-refractivity contribution < 1.29 is 17.6 Å². The van der Waals surface area contributed by atoms with E-state index in [1.54, 1.807) is 0 Å². The second-order valence-corrected chi connectivity index (χ2v) is 3.07. The molecule has 1 rings (SSSR count). The SMILES string of the molecule is CNC(c1cccc(C(F)F)c1)C(F)F. The Morgan fingerprint density at radius 2 is 1.67 bits per heavy atom. The monoisotopic (exact) mass is 221 g/mol. The van der Waals surface area contributed by atoms with E-state index in [2.05, 4.69) is 5.32 Å². The molecule has 0 aliphatic carbocycles. The van der Waals surface area contributed by atoms with E-state index in [1.807, 2.05) is 0 Å². The third-order valence-corrected chi connectivity index (χ3v) is 2.08. The topological polar surface area (TPSA) is 12.0 Å². The third-order valence-electron chi connectivity index (χ3n) is 2.08. The molecule has 0 aliphatic rings. The van der Waals surface area contributed by atoms with Crippen molar-refractivity contribution in [1.29, 1.82) is 0 Å². The van der Waals surface area contributed by atoms with Gasteiger partial charge in [0.2, 0.25) is 0 Å². The van der Waals surface area contributed by atoms with E-state index >= 15 is 0 Å². The van der Waals surface area contributed by atoms with Crippen LogP contribution in [0.3, 0.4) is 0 Å². The minimum atomic E-state index is -2.64. The summed E-state index contributed by atoms with van der Waals surface area (Å²) in [5.41, 5.74) is -0.0706. The van der Waals surface area contributed by atoms with Gasteiger partial charge in [-0.05, 0) is 18.7 Å². The summed E-state index contributed by atoms with van der Waals surface area (Å²) in [6.07, 6.45) is -5.26. The van der Waals surface area contributed by atoms with Crippen molar-refractivity contribution in [2.45, 2.75) is 18.9 Å². The van der Waals surface area contributed by atoms with Crippen molar-refractivity contribution in [2.24, 2.45) is 0 Å². The first-order chi connectivity index (χ1) is 7.06. The highest BCUT2D eigenvalue weighted by atomic mass is 19.3. The highest BCUT2D eigenvalue weighted by molar-refractivity contribution is 5.27. The zero-order valence-corrected chi connectivity index (χ0v) is 8.05. The summed E-state index contributed by atoms with van der Waals surface area (Å²) in [7, 11) is 1.37. The Bertz CT molecular complexity index is 314. The molecule has 1 nitrogen and oxygen atoms in total. The molecule has 1 aromatic carbocycles. The van der Waals surface area contributed by atoms with Crippen LogP contribution in [0.15, 0.2) is 24.3 Å². The predicted octanol–water partition coefficient (Wildman–Crippen LogP) is 3.15. The Morgan fingerprint density at radius 3 is 2.13 bits per heavy atom. The Morgan fingerprint density at radius 1 is 1.07 bits per heavy atom. The van der Waals surface area contributed by atoms with E-state index < -0.39 is 18.9 Å². The van der Waals surface area contributed by atoms with Crippen molar-refractivity contribution in [3.8, 4) is 0 Å². The van der Waals surface area contributed by atoms with Crippen LogP contribution in [0.2, 0.25) is 0 Å². The Hall–Kier alpha value is -1.10. The lowest BCUT2D eigenvalue weighted by Crippen LogP contribution is -2.23. The molecule has 0 aromatic heterocycles. The average Bonchev–Trinajstić information content (AvgIpc) is 2.18. The summed E-state index contributed by atoms with van der Waals surface area (Å²) in [6.45, 7) is 0. The van der Waals surface area contributed by atoms with Gasteiger partial charge in [-0.1, -0.05) is 18.2 Å². The fourth-order valence-electron chi connectivity index (χ4n) is 1.33. The lowest BCUT2D eigenvalue weighted by atomic mass is 10.0. The van der Waals surface area contributed by atoms with E-state index in [9.17, 15) is 17.6 Å². The van der Waals surface area contributed by atoms with Gasteiger partial charge in [0.1, 0.15) is 0 Å². The van der Waals surface area contributed by atoms with Crippen molar-refractivity contribution in [2.75, 3.05) is 7.05 Å². The van der Waals surface area contributed by atoms with Crippen LogP contribution in [-0.4, -0.2) is 13.5 Å². The molecule has 15 heavy (non-hydrogen) atoms. The first-order valence-electron chi connectivity index (χ1n) is 4.39. The number of halogens is 4. The predicted molar refractivity (Wildman–Crippen MR) is 49.2 cm³/mol. The van der Waals surface area contributed by atoms with Crippen molar-refractivity contribution in [3.63, 3.8) is 0 Å². The normalized spacial score (nSPS) is 13.5. The lowest BCUT2D eigenvalue weighted by molar-refractivity contribution is 0.102. The molecule has 84 valence electrons. The molecule has 0 saturated heterocycles. The summed E-state index contributed by atoms with van der Waals surface area (Å²) in [5, 5.41) is 2.39. The number of alkyl halides is 4. The summed E-state index contributed by atoms with van der Waals surface area (Å²) in [5.74, 6) is 0. The molecule has 0 spiro atoms. The molecular weight excluding hydrogens is 210 g/mol. The van der Waals surface area contributed by atoms with Gasteiger partial charge in [0, 0.05) is 5.56 Å². The van der Waals surface area contributed by atoms with Crippen LogP contribution < -0.4 is 5.32 Å². The first-order valence-corrected chi connectivity index (χ1v) is 4.39. The zero-order valence-electron chi connectivity index (χ0n) is 8.05. The fraction of sp³-hybridized carbons (Fsp3) is 0.400. The number of hydrogen-bond acceptors (Lipinski definition) is 1. The second-order valence-electron chi connectivity index (χ2n) is 3.07. The van der Waals surface area contributed by atoms with E-state index in [1.165, 1.54) is 25.2 Å². The van der Waals surface area contributed by atoms with Gasteiger partial charge in [-0.2, -0.15) is 0 Å². The molecule has 1 N–H and O–H groups in total. The zero-order chi connectivity index (χ0) is 11.4. The molecule has 0 amide bonds. The van der Waals surface area contributed by atoms with Crippen molar-refractivity contribution in [3.05, 3.63) is 35.4 Å². The standard InChI is InChI=1S/C10H11F4N/c1-15-8(10(13)14)6-3-2-4-7(5-6)9(11)12/h2-5,8-10,15H,1H3. The molecule has 0 fully saturated rings. The molecule has 0 saturated carbocycles. The maximum absolute atomic E-state index is 12.5. The van der Waals surface area contributed by atoms with Crippen LogP contribution in [0.5, 0.6) is 0 Å². The lowest BCUT2D eigenvalue weighted by Gasteiger charge is -2.16. The van der Waals surface area contributed by atoms with Crippen LogP contribution in [0.25, 0.3) is 0 Å². The van der Waals surface area contributed by atoms with Crippen LogP contribution in [0.1, 0.15) is 23.6 Å². The Kier molecular flexibility index (Phi) is 4.08. The number of rotatable bonds is 4. The molecule has 0 radical (unpaired) electrons. The minimum Gasteiger partial charge on any atom is -0.308 e. The van der Waals surface area contributed by atoms with Gasteiger partial charge in [0.05, 0.1) is 6.04 Å². The molecule has 1 atom stereocenters. The van der Waals surface area contributed by atoms with Gasteiger partial charge in [0.15, 0.2) is 0 Å². The molecule has 5 heteroatoms. The van der Waals surface area contributed by atoms with Gasteiger partial charge < -0.3 is 5.32 Å². The quantitative estimate of drug-likeness (QED) is 0.770. The second kappa shape index (κ2) is 5.11. The molecule has 1 aromatic rings. The molecule has 0 aliphatic heterocycles. The Labute approximate surface area is 85.1 Å². The van der Waals surface area contributed by atoms with Crippen molar-refractivity contribution >= 4 is 0 Å². The summed E-state index contributed by atoms with van der Waals surface area (Å²) < 4.78 is 49.6. The molecule has 1 unspecified atom stereocenters. The molecular formula is C10H11F4N. The Balaban J connectivity index is 2.98. The highest BCUT2D eigenvalue weighted by Crippen LogP contribution is 2.25.